The molecule has 2 aliphatic heterocycles. The molecule has 6 nitrogen and oxygen atoms in total. The zero-order valence-corrected chi connectivity index (χ0v) is 12.2. The minimum atomic E-state index is -0.274. The second kappa shape index (κ2) is 5.21. The van der Waals surface area contributed by atoms with Crippen molar-refractivity contribution in [3.63, 3.8) is 0 Å². The average Bonchev–Trinajstić information content (AvgIpc) is 3.10. The number of carbonyl (C=O) groups excluding carboxylic acids is 2. The summed E-state index contributed by atoms with van der Waals surface area (Å²) in [6.07, 6.45) is 2.21. The predicted octanol–water partition coefficient (Wildman–Crippen LogP) is 1.16. The Balaban J connectivity index is 1.45. The lowest BCUT2D eigenvalue weighted by atomic mass is 9.95. The van der Waals surface area contributed by atoms with E-state index in [1.165, 1.54) is 0 Å². The fourth-order valence-electron chi connectivity index (χ4n) is 3.49. The van der Waals surface area contributed by atoms with E-state index in [1.54, 1.807) is 0 Å². The smallest absolute Gasteiger partial charge is 0.244 e. The Kier molecular flexibility index (Phi) is 3.18. The molecular weight excluding hydrogens is 280 g/mol. The van der Waals surface area contributed by atoms with Gasteiger partial charge in [0.15, 0.2) is 0 Å². The number of nitrogens with one attached hydrogen (secondary N) is 2. The highest BCUT2D eigenvalue weighted by Gasteiger charge is 2.37. The quantitative estimate of drug-likeness (QED) is 0.816. The molecule has 0 spiro atoms. The number of nitrogens with zero attached hydrogens (tertiary/aromatic N) is 2. The number of fused-ring (bicyclic) bond motifs is 1. The number of aromatic nitrogens is 2. The van der Waals surface area contributed by atoms with Crippen LogP contribution >= 0.6 is 0 Å². The molecule has 22 heavy (non-hydrogen) atoms. The summed E-state index contributed by atoms with van der Waals surface area (Å²) in [5, 5.41) is 2.39. The SMILES string of the molecule is O=C1C[C@H](N2CCC(c3nc4ccccc4[nH]3)CC2)C(=O)N1. The summed E-state index contributed by atoms with van der Waals surface area (Å²) in [7, 11) is 0. The number of benzene rings is 1. The highest BCUT2D eigenvalue weighted by molar-refractivity contribution is 6.05. The molecule has 2 amide bonds. The van der Waals surface area contributed by atoms with Crippen LogP contribution in [0.5, 0.6) is 0 Å². The fourth-order valence-corrected chi connectivity index (χ4v) is 3.49. The van der Waals surface area contributed by atoms with Crippen molar-refractivity contribution >= 4 is 22.8 Å². The second-order valence-electron chi connectivity index (χ2n) is 6.08. The minimum Gasteiger partial charge on any atom is -0.342 e. The lowest BCUT2D eigenvalue weighted by Crippen LogP contribution is -2.44. The maximum Gasteiger partial charge on any atom is 0.244 e. The first-order valence-electron chi connectivity index (χ1n) is 7.73. The molecule has 2 N–H and O–H groups in total. The number of imidazole rings is 1. The Hall–Kier alpha value is -2.21. The Morgan fingerprint density at radius 1 is 1.14 bits per heavy atom. The summed E-state index contributed by atoms with van der Waals surface area (Å²) in [5.41, 5.74) is 2.07. The molecule has 1 aromatic carbocycles. The average molecular weight is 298 g/mol. The first kappa shape index (κ1) is 13.5. The second-order valence-corrected chi connectivity index (χ2v) is 6.08. The summed E-state index contributed by atoms with van der Waals surface area (Å²) in [4.78, 5) is 33.3. The van der Waals surface area contributed by atoms with Gasteiger partial charge in [0.05, 0.1) is 23.5 Å². The number of carbonyl (C=O) groups is 2. The lowest BCUT2D eigenvalue weighted by Gasteiger charge is -2.33. The molecule has 0 aliphatic carbocycles. The van der Waals surface area contributed by atoms with Crippen LogP contribution in [0.2, 0.25) is 0 Å². The molecule has 4 rings (SSSR count). The number of para-hydroxylation sites is 2. The van der Waals surface area contributed by atoms with Crippen molar-refractivity contribution in [3.8, 4) is 0 Å². The monoisotopic (exact) mass is 298 g/mol. The normalized spacial score (nSPS) is 24.1. The van der Waals surface area contributed by atoms with Crippen LogP contribution in [0, 0.1) is 0 Å². The number of aromatic amines is 1. The summed E-state index contributed by atoms with van der Waals surface area (Å²) in [5.74, 6) is 1.12. The van der Waals surface area contributed by atoms with Gasteiger partial charge in [0.1, 0.15) is 5.82 Å². The molecule has 3 heterocycles. The van der Waals surface area contributed by atoms with Gasteiger partial charge in [0.2, 0.25) is 11.8 Å². The number of likely N-dealkylation sites (tertiary alicyclic amines) is 1. The maximum absolute atomic E-state index is 11.8. The van der Waals surface area contributed by atoms with E-state index >= 15 is 0 Å². The lowest BCUT2D eigenvalue weighted by molar-refractivity contribution is -0.126. The van der Waals surface area contributed by atoms with Crippen molar-refractivity contribution < 1.29 is 9.59 Å². The van der Waals surface area contributed by atoms with Crippen LogP contribution in [-0.4, -0.2) is 45.8 Å². The molecule has 114 valence electrons. The Morgan fingerprint density at radius 2 is 1.91 bits per heavy atom. The van der Waals surface area contributed by atoms with Gasteiger partial charge in [-0.2, -0.15) is 0 Å². The standard InChI is InChI=1S/C16H18N4O2/c21-14-9-13(16(22)19-14)20-7-5-10(6-8-20)15-17-11-3-1-2-4-12(11)18-15/h1-4,10,13H,5-9H2,(H,17,18)(H,19,21,22)/t13-/m0/s1. The zero-order valence-electron chi connectivity index (χ0n) is 12.2. The van der Waals surface area contributed by atoms with Crippen molar-refractivity contribution in [1.82, 2.24) is 20.2 Å². The summed E-state index contributed by atoms with van der Waals surface area (Å²) < 4.78 is 0. The van der Waals surface area contributed by atoms with E-state index in [2.05, 4.69) is 20.2 Å². The van der Waals surface area contributed by atoms with Crippen molar-refractivity contribution in [2.45, 2.75) is 31.2 Å². The summed E-state index contributed by atoms with van der Waals surface area (Å²) >= 11 is 0. The third kappa shape index (κ3) is 2.29. The zero-order chi connectivity index (χ0) is 15.1. The van der Waals surface area contributed by atoms with Gasteiger partial charge in [0.25, 0.3) is 0 Å². The number of hydrogen-bond acceptors (Lipinski definition) is 4. The number of imide groups is 1. The van der Waals surface area contributed by atoms with E-state index < -0.39 is 0 Å². The third-order valence-corrected chi connectivity index (χ3v) is 4.71. The first-order chi connectivity index (χ1) is 10.7. The molecule has 2 fully saturated rings. The molecule has 2 aromatic rings. The fraction of sp³-hybridized carbons (Fsp3) is 0.438. The van der Waals surface area contributed by atoms with E-state index in [1.807, 2.05) is 24.3 Å². The van der Waals surface area contributed by atoms with E-state index in [0.29, 0.717) is 12.3 Å². The molecule has 0 unspecified atom stereocenters. The van der Waals surface area contributed by atoms with Crippen LogP contribution in [0.3, 0.4) is 0 Å². The van der Waals surface area contributed by atoms with Gasteiger partial charge in [0, 0.05) is 5.92 Å². The van der Waals surface area contributed by atoms with Crippen molar-refractivity contribution in [1.29, 1.82) is 0 Å². The molecule has 2 saturated heterocycles. The number of piperidine rings is 1. The van der Waals surface area contributed by atoms with E-state index in [-0.39, 0.29) is 17.9 Å². The van der Waals surface area contributed by atoms with Crippen LogP contribution in [0.4, 0.5) is 0 Å². The Labute approximate surface area is 127 Å². The molecule has 0 bridgehead atoms. The highest BCUT2D eigenvalue weighted by atomic mass is 16.2. The number of rotatable bonds is 2. The Bertz CT molecular complexity index is 698. The number of H-pyrrole nitrogens is 1. The first-order valence-corrected chi connectivity index (χ1v) is 7.73. The van der Waals surface area contributed by atoms with E-state index in [0.717, 1.165) is 42.8 Å². The van der Waals surface area contributed by atoms with Gasteiger partial charge in [-0.3, -0.25) is 19.8 Å². The van der Waals surface area contributed by atoms with Crippen molar-refractivity contribution in [2.24, 2.45) is 0 Å². The molecule has 0 saturated carbocycles. The van der Waals surface area contributed by atoms with Crippen LogP contribution in [-0.2, 0) is 9.59 Å². The third-order valence-electron chi connectivity index (χ3n) is 4.71. The van der Waals surface area contributed by atoms with Gasteiger partial charge >= 0.3 is 0 Å². The number of amides is 2. The largest absolute Gasteiger partial charge is 0.342 e. The van der Waals surface area contributed by atoms with Crippen molar-refractivity contribution in [3.05, 3.63) is 30.1 Å². The topological polar surface area (TPSA) is 78.1 Å². The maximum atomic E-state index is 11.8. The molecule has 1 aromatic heterocycles. The molecule has 1 atom stereocenters. The van der Waals surface area contributed by atoms with Crippen molar-refractivity contribution in [2.75, 3.05) is 13.1 Å². The Morgan fingerprint density at radius 3 is 2.59 bits per heavy atom. The molecule has 2 aliphatic rings. The molecular formula is C16H18N4O2. The van der Waals surface area contributed by atoms with Gasteiger partial charge < -0.3 is 4.98 Å². The predicted molar refractivity (Wildman–Crippen MR) is 81.2 cm³/mol. The highest BCUT2D eigenvalue weighted by Crippen LogP contribution is 2.29. The van der Waals surface area contributed by atoms with E-state index in [4.69, 9.17) is 0 Å². The molecule has 6 heteroatoms. The van der Waals surface area contributed by atoms with Crippen LogP contribution < -0.4 is 5.32 Å². The van der Waals surface area contributed by atoms with Gasteiger partial charge in [-0.25, -0.2) is 4.98 Å². The van der Waals surface area contributed by atoms with Crippen LogP contribution in [0.25, 0.3) is 11.0 Å². The van der Waals surface area contributed by atoms with Gasteiger partial charge in [-0.15, -0.1) is 0 Å². The van der Waals surface area contributed by atoms with Crippen LogP contribution in [0.1, 0.15) is 31.0 Å². The summed E-state index contributed by atoms with van der Waals surface area (Å²) in [6.45, 7) is 1.65. The summed E-state index contributed by atoms with van der Waals surface area (Å²) in [6, 6.07) is 7.77. The van der Waals surface area contributed by atoms with Gasteiger partial charge in [-0.1, -0.05) is 12.1 Å². The number of hydrogen-bond donors (Lipinski definition) is 2. The molecule has 0 radical (unpaired) electrons. The van der Waals surface area contributed by atoms with E-state index in [9.17, 15) is 9.59 Å². The van der Waals surface area contributed by atoms with Gasteiger partial charge in [-0.05, 0) is 38.1 Å². The van der Waals surface area contributed by atoms with Crippen LogP contribution in [0.15, 0.2) is 24.3 Å². The minimum absolute atomic E-state index is 0.146.